The van der Waals surface area contributed by atoms with Gasteiger partial charge in [-0.05, 0) is 24.3 Å². The number of aromatic nitrogens is 1. The van der Waals surface area contributed by atoms with E-state index >= 15 is 0 Å². The van der Waals surface area contributed by atoms with E-state index in [1.165, 1.54) is 0 Å². The van der Waals surface area contributed by atoms with Crippen LogP contribution in [0.15, 0.2) is 47.8 Å². The van der Waals surface area contributed by atoms with E-state index in [4.69, 9.17) is 5.73 Å². The number of carbonyl (C=O) groups excluding carboxylic acids is 2. The number of hydrogen-bond acceptors (Lipinski definition) is 5. The molecule has 1 aliphatic heterocycles. The number of pyridine rings is 1. The van der Waals surface area contributed by atoms with Gasteiger partial charge < -0.3 is 11.1 Å². The Balaban J connectivity index is 1.87. The Hall–Kier alpha value is -3.22. The lowest BCUT2D eigenvalue weighted by molar-refractivity contribution is -0.121. The minimum atomic E-state index is -0.270. The van der Waals surface area contributed by atoms with Crippen molar-refractivity contribution >= 4 is 28.9 Å². The molecule has 0 fully saturated rings. The predicted molar refractivity (Wildman–Crippen MR) is 91.5 cm³/mol. The molecule has 0 spiro atoms. The average Bonchev–Trinajstić information content (AvgIpc) is 2.58. The first kappa shape index (κ1) is 15.7. The van der Waals surface area contributed by atoms with Crippen molar-refractivity contribution in [3.05, 3.63) is 53.9 Å². The second kappa shape index (κ2) is 6.49. The minimum Gasteiger partial charge on any atom is -0.397 e. The molecule has 7 heteroatoms. The van der Waals surface area contributed by atoms with Crippen LogP contribution in [0.5, 0.6) is 0 Å². The number of hydrazone groups is 1. The van der Waals surface area contributed by atoms with Crippen molar-refractivity contribution in [1.82, 2.24) is 10.4 Å². The lowest BCUT2D eigenvalue weighted by Crippen LogP contribution is -2.32. The number of nitrogens with two attached hydrogens (primary N) is 1. The number of anilines is 2. The number of nitrogen functional groups attached to an aromatic ring is 1. The molecule has 24 heavy (non-hydrogen) atoms. The molecule has 0 saturated carbocycles. The zero-order valence-corrected chi connectivity index (χ0v) is 13.1. The lowest BCUT2D eigenvalue weighted by atomic mass is 9.93. The van der Waals surface area contributed by atoms with E-state index in [-0.39, 0.29) is 17.7 Å². The standard InChI is InChI=1S/C17H17N5O2/c1-10-8-15(23)21-22-16(10)12-2-3-13(18)14(9-12)20-17(24)11-4-6-19-7-5-11/h2-7,9-10H,8,18H2,1H3,(H,20,24)(H,21,23). The topological polar surface area (TPSA) is 109 Å². The van der Waals surface area contributed by atoms with Crippen LogP contribution in [0.4, 0.5) is 11.4 Å². The lowest BCUT2D eigenvalue weighted by Gasteiger charge is -2.20. The normalized spacial score (nSPS) is 17.0. The van der Waals surface area contributed by atoms with Gasteiger partial charge in [-0.1, -0.05) is 13.0 Å². The van der Waals surface area contributed by atoms with Gasteiger partial charge >= 0.3 is 0 Å². The van der Waals surface area contributed by atoms with Crippen LogP contribution >= 0.6 is 0 Å². The number of benzene rings is 1. The first-order valence-electron chi connectivity index (χ1n) is 7.52. The summed E-state index contributed by atoms with van der Waals surface area (Å²) in [5.41, 5.74) is 11.5. The first-order valence-corrected chi connectivity index (χ1v) is 7.52. The van der Waals surface area contributed by atoms with Crippen molar-refractivity contribution in [3.8, 4) is 0 Å². The fourth-order valence-corrected chi connectivity index (χ4v) is 2.52. The molecule has 2 aromatic rings. The summed E-state index contributed by atoms with van der Waals surface area (Å²) in [4.78, 5) is 27.5. The van der Waals surface area contributed by atoms with Gasteiger partial charge in [0, 0.05) is 35.9 Å². The Morgan fingerprint density at radius 1 is 1.29 bits per heavy atom. The Labute approximate surface area is 139 Å². The van der Waals surface area contributed by atoms with Gasteiger partial charge in [0.1, 0.15) is 0 Å². The van der Waals surface area contributed by atoms with Crippen LogP contribution in [0.2, 0.25) is 0 Å². The second-order valence-electron chi connectivity index (χ2n) is 5.63. The molecule has 1 aromatic heterocycles. The van der Waals surface area contributed by atoms with E-state index in [0.717, 1.165) is 11.3 Å². The molecule has 0 aliphatic carbocycles. The Morgan fingerprint density at radius 3 is 2.75 bits per heavy atom. The Kier molecular flexibility index (Phi) is 4.24. The average molecular weight is 323 g/mol. The molecule has 1 aromatic carbocycles. The fraction of sp³-hybridized carbons (Fsp3) is 0.176. The van der Waals surface area contributed by atoms with E-state index in [2.05, 4.69) is 20.8 Å². The van der Waals surface area contributed by atoms with E-state index in [1.54, 1.807) is 36.7 Å². The van der Waals surface area contributed by atoms with Crippen molar-refractivity contribution in [3.63, 3.8) is 0 Å². The van der Waals surface area contributed by atoms with E-state index in [1.807, 2.05) is 13.0 Å². The van der Waals surface area contributed by atoms with E-state index in [0.29, 0.717) is 23.4 Å². The van der Waals surface area contributed by atoms with Gasteiger partial charge in [-0.2, -0.15) is 5.10 Å². The fourth-order valence-electron chi connectivity index (χ4n) is 2.52. The van der Waals surface area contributed by atoms with Crippen molar-refractivity contribution < 1.29 is 9.59 Å². The van der Waals surface area contributed by atoms with Crippen LogP contribution in [0.3, 0.4) is 0 Å². The molecular weight excluding hydrogens is 306 g/mol. The predicted octanol–water partition coefficient (Wildman–Crippen LogP) is 1.78. The van der Waals surface area contributed by atoms with E-state index in [9.17, 15) is 9.59 Å². The van der Waals surface area contributed by atoms with Crippen LogP contribution in [0, 0.1) is 5.92 Å². The minimum absolute atomic E-state index is 0.00822. The third-order valence-corrected chi connectivity index (χ3v) is 3.80. The van der Waals surface area contributed by atoms with Gasteiger partial charge in [0.2, 0.25) is 5.91 Å². The number of carbonyl (C=O) groups is 2. The van der Waals surface area contributed by atoms with Crippen LogP contribution in [0.25, 0.3) is 0 Å². The van der Waals surface area contributed by atoms with Crippen LogP contribution < -0.4 is 16.5 Å². The van der Waals surface area contributed by atoms with Crippen LogP contribution in [-0.4, -0.2) is 22.5 Å². The van der Waals surface area contributed by atoms with Crippen molar-refractivity contribution in [2.75, 3.05) is 11.1 Å². The van der Waals surface area contributed by atoms with Crippen molar-refractivity contribution in [2.24, 2.45) is 11.0 Å². The Morgan fingerprint density at radius 2 is 2.04 bits per heavy atom. The molecule has 1 atom stereocenters. The number of amides is 2. The van der Waals surface area contributed by atoms with Crippen LogP contribution in [-0.2, 0) is 4.79 Å². The summed E-state index contributed by atoms with van der Waals surface area (Å²) in [6.45, 7) is 1.93. The molecule has 2 heterocycles. The zero-order valence-electron chi connectivity index (χ0n) is 13.1. The summed E-state index contributed by atoms with van der Waals surface area (Å²) in [5.74, 6) is -0.382. The molecule has 4 N–H and O–H groups in total. The third kappa shape index (κ3) is 3.24. The summed E-state index contributed by atoms with van der Waals surface area (Å²) in [6.07, 6.45) is 3.48. The zero-order chi connectivity index (χ0) is 17.1. The summed E-state index contributed by atoms with van der Waals surface area (Å²) >= 11 is 0. The maximum atomic E-state index is 12.3. The number of nitrogens with zero attached hydrogens (tertiary/aromatic N) is 2. The highest BCUT2D eigenvalue weighted by atomic mass is 16.2. The molecule has 1 unspecified atom stereocenters. The molecule has 7 nitrogen and oxygen atoms in total. The Bertz CT molecular complexity index is 817. The van der Waals surface area contributed by atoms with Crippen LogP contribution in [0.1, 0.15) is 29.3 Å². The van der Waals surface area contributed by atoms with Gasteiger partial charge in [0.05, 0.1) is 17.1 Å². The highest BCUT2D eigenvalue weighted by Gasteiger charge is 2.22. The molecule has 0 radical (unpaired) electrons. The van der Waals surface area contributed by atoms with Gasteiger partial charge in [-0.25, -0.2) is 5.43 Å². The summed E-state index contributed by atoms with van der Waals surface area (Å²) < 4.78 is 0. The highest BCUT2D eigenvalue weighted by Crippen LogP contribution is 2.24. The second-order valence-corrected chi connectivity index (χ2v) is 5.63. The summed E-state index contributed by atoms with van der Waals surface area (Å²) in [7, 11) is 0. The van der Waals surface area contributed by atoms with Gasteiger partial charge in [0.25, 0.3) is 5.91 Å². The molecule has 2 amide bonds. The molecule has 122 valence electrons. The largest absolute Gasteiger partial charge is 0.397 e. The molecular formula is C17H17N5O2. The number of rotatable bonds is 3. The smallest absolute Gasteiger partial charge is 0.255 e. The van der Waals surface area contributed by atoms with Crippen molar-refractivity contribution in [2.45, 2.75) is 13.3 Å². The first-order chi connectivity index (χ1) is 11.5. The summed E-state index contributed by atoms with van der Waals surface area (Å²) in [6, 6.07) is 8.55. The van der Waals surface area contributed by atoms with Gasteiger partial charge in [-0.15, -0.1) is 0 Å². The van der Waals surface area contributed by atoms with Gasteiger partial charge in [-0.3, -0.25) is 14.6 Å². The SMILES string of the molecule is CC1CC(=O)NN=C1c1ccc(N)c(NC(=O)c2ccncc2)c1. The quantitative estimate of drug-likeness (QED) is 0.748. The number of hydrogen-bond donors (Lipinski definition) is 3. The molecule has 3 rings (SSSR count). The number of nitrogens with one attached hydrogen (secondary N) is 2. The molecule has 1 aliphatic rings. The maximum Gasteiger partial charge on any atom is 0.255 e. The molecule has 0 bridgehead atoms. The third-order valence-electron chi connectivity index (χ3n) is 3.80. The highest BCUT2D eigenvalue weighted by molar-refractivity contribution is 6.09. The van der Waals surface area contributed by atoms with Crippen molar-refractivity contribution in [1.29, 1.82) is 0 Å². The maximum absolute atomic E-state index is 12.3. The van der Waals surface area contributed by atoms with Gasteiger partial charge in [0.15, 0.2) is 0 Å². The summed E-state index contributed by atoms with van der Waals surface area (Å²) in [5, 5.41) is 6.92. The monoisotopic (exact) mass is 323 g/mol. The van der Waals surface area contributed by atoms with E-state index < -0.39 is 0 Å². The molecule has 0 saturated heterocycles.